The molecule has 23 heavy (non-hydrogen) atoms. The van der Waals surface area contributed by atoms with Gasteiger partial charge >= 0.3 is 28.3 Å². The van der Waals surface area contributed by atoms with Crippen LogP contribution in [0.25, 0.3) is 0 Å². The van der Waals surface area contributed by atoms with Gasteiger partial charge in [-0.3, -0.25) is 18.9 Å². The van der Waals surface area contributed by atoms with Crippen LogP contribution in [0, 0.1) is 0 Å². The lowest BCUT2D eigenvalue weighted by Gasteiger charge is -2.22. The van der Waals surface area contributed by atoms with Crippen molar-refractivity contribution in [3.63, 3.8) is 0 Å². The summed E-state index contributed by atoms with van der Waals surface area (Å²) in [6.45, 7) is 2.78. The highest BCUT2D eigenvalue weighted by molar-refractivity contribution is 7.80. The second kappa shape index (κ2) is 7.68. The summed E-state index contributed by atoms with van der Waals surface area (Å²) in [7, 11) is -4.95. The van der Waals surface area contributed by atoms with E-state index in [0.717, 1.165) is 20.8 Å². The first-order chi connectivity index (χ1) is 10.5. The van der Waals surface area contributed by atoms with Crippen LogP contribution in [0.1, 0.15) is 20.8 Å². The smallest absolute Gasteiger partial charge is 0.400 e. The highest BCUT2D eigenvalue weighted by Crippen LogP contribution is 2.29. The molecule has 0 aliphatic carbocycles. The van der Waals surface area contributed by atoms with Gasteiger partial charge in [-0.05, 0) is 0 Å². The minimum atomic E-state index is -4.95. The average Bonchev–Trinajstić information content (AvgIpc) is 2.62. The van der Waals surface area contributed by atoms with E-state index in [4.69, 9.17) is 23.5 Å². The molecule has 12 heteroatoms. The van der Waals surface area contributed by atoms with Crippen molar-refractivity contribution in [2.75, 3.05) is 6.61 Å². The third-order valence-electron chi connectivity index (χ3n) is 2.54. The van der Waals surface area contributed by atoms with E-state index in [2.05, 4.69) is 4.18 Å². The Morgan fingerprint density at radius 2 is 1.52 bits per heavy atom. The van der Waals surface area contributed by atoms with Crippen LogP contribution in [0.2, 0.25) is 0 Å². The summed E-state index contributed by atoms with van der Waals surface area (Å²) < 4.78 is 54.3. The van der Waals surface area contributed by atoms with Crippen molar-refractivity contribution in [3.05, 3.63) is 0 Å². The zero-order chi connectivity index (χ0) is 17.8. The van der Waals surface area contributed by atoms with Crippen LogP contribution in [0.5, 0.6) is 0 Å². The maximum absolute atomic E-state index is 11.2. The maximum atomic E-state index is 11.2. The molecule has 0 spiro atoms. The molecule has 0 aromatic heterocycles. The zero-order valence-electron chi connectivity index (χ0n) is 12.5. The Hall–Kier alpha value is -1.76. The number of rotatable bonds is 6. The fraction of sp³-hybridized carbons (Fsp3) is 0.727. The monoisotopic (exact) mass is 356 g/mol. The summed E-state index contributed by atoms with van der Waals surface area (Å²) in [4.78, 5) is 33.2. The minimum Gasteiger partial charge on any atom is -0.463 e. The van der Waals surface area contributed by atoms with E-state index < -0.39 is 59.5 Å². The third-order valence-corrected chi connectivity index (χ3v) is 2.97. The molecule has 1 aliphatic heterocycles. The summed E-state index contributed by atoms with van der Waals surface area (Å²) in [6.07, 6.45) is -5.74. The summed E-state index contributed by atoms with van der Waals surface area (Å²) >= 11 is 0. The van der Waals surface area contributed by atoms with Gasteiger partial charge in [0.15, 0.2) is 12.2 Å². The van der Waals surface area contributed by atoms with E-state index in [1.54, 1.807) is 0 Å². The highest BCUT2D eigenvalue weighted by atomic mass is 32.3. The molecule has 0 radical (unpaired) electrons. The van der Waals surface area contributed by atoms with Crippen LogP contribution >= 0.6 is 0 Å². The molecule has 4 atom stereocenters. The van der Waals surface area contributed by atoms with Crippen LogP contribution in [-0.2, 0) is 47.9 Å². The van der Waals surface area contributed by atoms with Gasteiger partial charge < -0.3 is 18.9 Å². The fourth-order valence-corrected chi connectivity index (χ4v) is 2.27. The summed E-state index contributed by atoms with van der Waals surface area (Å²) in [5.74, 6) is -2.29. The zero-order valence-corrected chi connectivity index (χ0v) is 13.3. The lowest BCUT2D eigenvalue weighted by molar-refractivity contribution is -0.170. The molecule has 0 unspecified atom stereocenters. The Morgan fingerprint density at radius 1 is 1.00 bits per heavy atom. The molecule has 1 saturated heterocycles. The van der Waals surface area contributed by atoms with Crippen molar-refractivity contribution in [1.29, 1.82) is 0 Å². The molecule has 0 aromatic rings. The molecule has 11 nitrogen and oxygen atoms in total. The predicted octanol–water partition coefficient (Wildman–Crippen LogP) is -1.04. The molecule has 0 amide bonds. The predicted molar refractivity (Wildman–Crippen MR) is 69.0 cm³/mol. The van der Waals surface area contributed by atoms with Gasteiger partial charge in [0.25, 0.3) is 0 Å². The Balaban J connectivity index is 3.02. The number of esters is 3. The van der Waals surface area contributed by atoms with Gasteiger partial charge in [0.1, 0.15) is 12.7 Å². The standard InChI is InChI=1S/C11H16O11S/c1-5(12)18-4-8-9(19-6(2)13)10(20-7(3)14)11(21-8)22-23(15,16)17/h8-11H,4H2,1-3H3,(H,15,16,17)/t8-,9-,10-,11+/m1/s1. The van der Waals surface area contributed by atoms with Crippen LogP contribution < -0.4 is 0 Å². The summed E-state index contributed by atoms with van der Waals surface area (Å²) in [6, 6.07) is 0. The summed E-state index contributed by atoms with van der Waals surface area (Å²) in [5, 5.41) is 0. The van der Waals surface area contributed by atoms with Crippen LogP contribution in [0.15, 0.2) is 0 Å². The topological polar surface area (TPSA) is 152 Å². The van der Waals surface area contributed by atoms with Gasteiger partial charge in [-0.15, -0.1) is 0 Å². The number of carbonyl (C=O) groups excluding carboxylic acids is 3. The average molecular weight is 356 g/mol. The molecule has 0 aromatic carbocycles. The van der Waals surface area contributed by atoms with Gasteiger partial charge in [0, 0.05) is 20.8 Å². The van der Waals surface area contributed by atoms with Gasteiger partial charge in [-0.2, -0.15) is 8.42 Å². The lowest BCUT2D eigenvalue weighted by atomic mass is 10.1. The molecule has 1 N–H and O–H groups in total. The molecule has 132 valence electrons. The molecule has 0 bridgehead atoms. The number of hydrogen-bond acceptors (Lipinski definition) is 10. The molecular formula is C11H16O11S. The number of hydrogen-bond donors (Lipinski definition) is 1. The summed E-state index contributed by atoms with van der Waals surface area (Å²) in [5.41, 5.74) is 0. The van der Waals surface area contributed by atoms with Gasteiger partial charge in [-0.25, -0.2) is 4.18 Å². The van der Waals surface area contributed by atoms with Crippen molar-refractivity contribution in [1.82, 2.24) is 0 Å². The number of ether oxygens (including phenoxy) is 4. The Labute approximate surface area is 131 Å². The van der Waals surface area contributed by atoms with E-state index >= 15 is 0 Å². The molecule has 0 saturated carbocycles. The quantitative estimate of drug-likeness (QED) is 0.353. The first-order valence-electron chi connectivity index (χ1n) is 6.28. The normalized spacial score (nSPS) is 27.3. The first kappa shape index (κ1) is 19.3. The molecular weight excluding hydrogens is 340 g/mol. The van der Waals surface area contributed by atoms with E-state index in [1.165, 1.54) is 0 Å². The third kappa shape index (κ3) is 6.48. The Kier molecular flexibility index (Phi) is 6.44. The van der Waals surface area contributed by atoms with Crippen LogP contribution in [0.4, 0.5) is 0 Å². The Bertz CT molecular complexity index is 569. The van der Waals surface area contributed by atoms with E-state index in [9.17, 15) is 22.8 Å². The second-order valence-corrected chi connectivity index (χ2v) is 5.57. The number of carbonyl (C=O) groups is 3. The van der Waals surface area contributed by atoms with Gasteiger partial charge in [0.2, 0.25) is 6.29 Å². The second-order valence-electron chi connectivity index (χ2n) is 4.52. The molecule has 1 aliphatic rings. The highest BCUT2D eigenvalue weighted by Gasteiger charge is 2.51. The SMILES string of the molecule is CC(=O)OC[C@H]1O[C@@H](OS(=O)(=O)O)[C@H](OC(C)=O)[C@@H]1OC(C)=O. The largest absolute Gasteiger partial charge is 0.463 e. The minimum absolute atomic E-state index is 0.420. The van der Waals surface area contributed by atoms with E-state index in [0.29, 0.717) is 0 Å². The molecule has 1 rings (SSSR count). The van der Waals surface area contributed by atoms with Gasteiger partial charge in [-0.1, -0.05) is 0 Å². The van der Waals surface area contributed by atoms with Crippen molar-refractivity contribution < 1.29 is 50.5 Å². The van der Waals surface area contributed by atoms with E-state index in [-0.39, 0.29) is 0 Å². The van der Waals surface area contributed by atoms with Gasteiger partial charge in [0.05, 0.1) is 0 Å². The fourth-order valence-electron chi connectivity index (χ4n) is 1.87. The van der Waals surface area contributed by atoms with Crippen molar-refractivity contribution in [2.24, 2.45) is 0 Å². The van der Waals surface area contributed by atoms with Crippen LogP contribution in [0.3, 0.4) is 0 Å². The van der Waals surface area contributed by atoms with Crippen molar-refractivity contribution in [3.8, 4) is 0 Å². The Morgan fingerprint density at radius 3 is 1.96 bits per heavy atom. The van der Waals surface area contributed by atoms with Crippen molar-refractivity contribution >= 4 is 28.3 Å². The van der Waals surface area contributed by atoms with Crippen molar-refractivity contribution in [2.45, 2.75) is 45.4 Å². The first-order valence-corrected chi connectivity index (χ1v) is 7.65. The van der Waals surface area contributed by atoms with E-state index in [1.807, 2.05) is 0 Å². The van der Waals surface area contributed by atoms with Crippen LogP contribution in [-0.4, -0.2) is 62.1 Å². The molecule has 1 fully saturated rings. The molecule has 1 heterocycles. The maximum Gasteiger partial charge on any atom is 0.400 e. The lowest BCUT2D eigenvalue weighted by Crippen LogP contribution is -2.42.